The van der Waals surface area contributed by atoms with Crippen LogP contribution in [-0.4, -0.2) is 73.5 Å². The van der Waals surface area contributed by atoms with Crippen molar-refractivity contribution in [3.05, 3.63) is 0 Å². The van der Waals surface area contributed by atoms with E-state index in [-0.39, 0.29) is 84.2 Å². The Morgan fingerprint density at radius 2 is 1.10 bits per heavy atom. The Morgan fingerprint density at radius 1 is 0.690 bits per heavy atom. The number of carbonyl (C=O) groups excluding carboxylic acids is 4. The fraction of sp³-hybridized carbons (Fsp3) is 0.833. The molecule has 18 heteroatoms. The van der Waals surface area contributed by atoms with Crippen LogP contribution < -0.4 is 69.3 Å². The molecule has 0 saturated heterocycles. The van der Waals surface area contributed by atoms with E-state index < -0.39 is 67.5 Å². The minimum Gasteiger partial charge on any atom is -0.550 e. The smallest absolute Gasteiger partial charge is 0.550 e. The van der Waals surface area contributed by atoms with Gasteiger partial charge in [-0.2, -0.15) is 16.8 Å². The first-order chi connectivity index (χ1) is 18.4. The number of carboxylic acids is 2. The fourth-order valence-corrected chi connectivity index (χ4v) is 4.53. The molecule has 0 heterocycles. The monoisotopic (exact) mass is 664 g/mol. The number of esters is 2. The van der Waals surface area contributed by atoms with Crippen LogP contribution in [0.25, 0.3) is 0 Å². The molecule has 42 heavy (non-hydrogen) atoms. The van der Waals surface area contributed by atoms with Gasteiger partial charge in [-0.15, -0.1) is 0 Å². The van der Waals surface area contributed by atoms with Crippen LogP contribution in [0.2, 0.25) is 0 Å². The molecule has 14 nitrogen and oxygen atoms in total. The molecule has 4 unspecified atom stereocenters. The Labute approximate surface area is 293 Å². The summed E-state index contributed by atoms with van der Waals surface area (Å²) in [5.41, 5.74) is 0. The second kappa shape index (κ2) is 26.0. The number of unbranched alkanes of at least 4 members (excludes halogenated alkanes) is 2. The van der Waals surface area contributed by atoms with E-state index in [9.17, 15) is 50.8 Å². The van der Waals surface area contributed by atoms with Crippen molar-refractivity contribution in [3.63, 3.8) is 0 Å². The van der Waals surface area contributed by atoms with Gasteiger partial charge in [0.1, 0.15) is 5.25 Å². The van der Waals surface area contributed by atoms with Crippen molar-refractivity contribution in [1.82, 2.24) is 0 Å². The molecule has 2 N–H and O–H groups in total. The normalized spacial score (nSPS) is 13.9. The van der Waals surface area contributed by atoms with Crippen molar-refractivity contribution in [2.45, 2.75) is 102 Å². The number of hydrogen-bond donors (Lipinski definition) is 2. The van der Waals surface area contributed by atoms with Crippen LogP contribution in [0.5, 0.6) is 0 Å². The standard InChI is InChI=1S/C20H38O7S.C4H6O7S.2Na/c1-5-9-11-16(7-3)14-26-19(21)13-18(28(23,24)25)20(22)27-15-17(8-4)12-10-6-2;5-3(6)1-2(4(7)8)12(9,10)11;;/h16-18H,5-15H2,1-4H3,(H,23,24,25);2H,1H2,(H,5,6)(H,7,8)(H,9,10,11);;/q;;2*+1/p-2. The predicted molar refractivity (Wildman–Crippen MR) is 138 cm³/mol. The average Bonchev–Trinajstić information content (AvgIpc) is 2.84. The zero-order valence-corrected chi connectivity index (χ0v) is 31.0. The zero-order valence-electron chi connectivity index (χ0n) is 25.4. The van der Waals surface area contributed by atoms with Gasteiger partial charge in [0.25, 0.3) is 20.2 Å². The molecule has 0 aliphatic heterocycles. The summed E-state index contributed by atoms with van der Waals surface area (Å²) in [6, 6.07) is 0. The summed E-state index contributed by atoms with van der Waals surface area (Å²) >= 11 is 0. The van der Waals surface area contributed by atoms with Gasteiger partial charge in [0.05, 0.1) is 25.6 Å². The van der Waals surface area contributed by atoms with Gasteiger partial charge < -0.3 is 29.3 Å². The van der Waals surface area contributed by atoms with Gasteiger partial charge in [-0.1, -0.05) is 66.2 Å². The number of ether oxygens (including phenoxy) is 2. The van der Waals surface area contributed by atoms with Crippen LogP contribution in [0.3, 0.4) is 0 Å². The van der Waals surface area contributed by atoms with Crippen LogP contribution in [0.4, 0.5) is 0 Å². The maximum atomic E-state index is 12.2. The number of hydrogen-bond acceptors (Lipinski definition) is 12. The molecule has 0 amide bonds. The number of aliphatic carboxylic acids is 2. The summed E-state index contributed by atoms with van der Waals surface area (Å²) in [4.78, 5) is 43.9. The first-order valence-electron chi connectivity index (χ1n) is 13.1. The van der Waals surface area contributed by atoms with E-state index in [1.54, 1.807) is 0 Å². The Kier molecular flexibility index (Phi) is 30.1. The molecular formula is C24H42Na2O14S2. The average molecular weight is 665 g/mol. The predicted octanol–water partition coefficient (Wildman–Crippen LogP) is -5.71. The molecule has 0 aromatic carbocycles. The molecule has 0 rings (SSSR count). The third kappa shape index (κ3) is 24.1. The summed E-state index contributed by atoms with van der Waals surface area (Å²) in [6.07, 6.45) is 5.41. The minimum atomic E-state index is -4.94. The maximum Gasteiger partial charge on any atom is 1.00 e. The Morgan fingerprint density at radius 3 is 1.38 bits per heavy atom. The van der Waals surface area contributed by atoms with Gasteiger partial charge in [0.2, 0.25) is 0 Å². The second-order valence-corrected chi connectivity index (χ2v) is 12.5. The molecule has 0 bridgehead atoms. The first kappa shape index (κ1) is 48.6. The Bertz CT molecular complexity index is 1000. The molecule has 0 aliphatic rings. The molecular weight excluding hydrogens is 622 g/mol. The molecule has 0 saturated carbocycles. The number of carboxylic acid groups (broad SMARTS) is 2. The van der Waals surface area contributed by atoms with Gasteiger partial charge >= 0.3 is 71.1 Å². The van der Waals surface area contributed by atoms with Gasteiger partial charge in [-0.05, 0) is 24.7 Å². The molecule has 0 spiro atoms. The summed E-state index contributed by atoms with van der Waals surface area (Å²) in [5.74, 6) is -5.69. The van der Waals surface area contributed by atoms with Gasteiger partial charge in [0, 0.05) is 12.4 Å². The van der Waals surface area contributed by atoms with Crippen molar-refractivity contribution in [3.8, 4) is 0 Å². The molecule has 4 atom stereocenters. The molecule has 0 aromatic rings. The van der Waals surface area contributed by atoms with Crippen LogP contribution in [0.1, 0.15) is 91.9 Å². The number of rotatable bonds is 20. The van der Waals surface area contributed by atoms with Gasteiger partial charge in [-0.25, -0.2) is 0 Å². The maximum absolute atomic E-state index is 12.2. The largest absolute Gasteiger partial charge is 1.00 e. The van der Waals surface area contributed by atoms with Crippen molar-refractivity contribution in [2.75, 3.05) is 13.2 Å². The van der Waals surface area contributed by atoms with Crippen molar-refractivity contribution < 1.29 is 124 Å². The van der Waals surface area contributed by atoms with Crippen molar-refractivity contribution in [2.24, 2.45) is 11.8 Å². The van der Waals surface area contributed by atoms with Crippen molar-refractivity contribution in [1.29, 1.82) is 0 Å². The third-order valence-electron chi connectivity index (χ3n) is 5.98. The Hall–Kier alpha value is -0.300. The quantitative estimate of drug-likeness (QED) is 0.0700. The SMILES string of the molecule is CCCCC(CC)COC(=O)CC(C(=O)OCC(CC)CCCC)S(=O)(=O)O.O=C([O-])CC(C(=O)[O-])S(=O)(=O)O.[Na+].[Na+]. The molecule has 0 fully saturated rings. The fourth-order valence-electron chi connectivity index (χ4n) is 3.28. The third-order valence-corrected chi connectivity index (χ3v) is 8.13. The molecule has 0 aromatic heterocycles. The van der Waals surface area contributed by atoms with Crippen LogP contribution in [0, 0.1) is 11.8 Å². The van der Waals surface area contributed by atoms with Gasteiger partial charge in [-0.3, -0.25) is 18.7 Å². The van der Waals surface area contributed by atoms with E-state index in [0.29, 0.717) is 0 Å². The van der Waals surface area contributed by atoms with Crippen LogP contribution in [0.15, 0.2) is 0 Å². The molecule has 0 radical (unpaired) electrons. The van der Waals surface area contributed by atoms with Crippen LogP contribution >= 0.6 is 0 Å². The zero-order chi connectivity index (χ0) is 31.5. The minimum absolute atomic E-state index is 0. The van der Waals surface area contributed by atoms with Gasteiger partial charge in [0.15, 0.2) is 5.25 Å². The number of carbonyl (C=O) groups is 4. The van der Waals surface area contributed by atoms with E-state index in [2.05, 4.69) is 13.8 Å². The topological polar surface area (TPSA) is 242 Å². The summed E-state index contributed by atoms with van der Waals surface area (Å²) in [5, 5.41) is 15.3. The van der Waals surface area contributed by atoms with Crippen LogP contribution in [-0.2, 0) is 48.9 Å². The van der Waals surface area contributed by atoms with Crippen molar-refractivity contribution >= 4 is 44.1 Å². The Balaban J connectivity index is -0.000000436. The van der Waals surface area contributed by atoms with E-state index >= 15 is 0 Å². The van der Waals surface area contributed by atoms with E-state index in [1.165, 1.54) is 0 Å². The summed E-state index contributed by atoms with van der Waals surface area (Å²) < 4.78 is 71.2. The molecule has 236 valence electrons. The summed E-state index contributed by atoms with van der Waals surface area (Å²) in [6.45, 7) is 8.35. The van der Waals surface area contributed by atoms with E-state index in [0.717, 1.165) is 51.4 Å². The first-order valence-corrected chi connectivity index (χ1v) is 16.1. The van der Waals surface area contributed by atoms with E-state index in [4.69, 9.17) is 14.0 Å². The molecule has 0 aliphatic carbocycles. The van der Waals surface area contributed by atoms with E-state index in [1.807, 2.05) is 13.8 Å². The second-order valence-electron chi connectivity index (χ2n) is 9.25. The summed E-state index contributed by atoms with van der Waals surface area (Å²) in [7, 11) is -9.71.